The van der Waals surface area contributed by atoms with Crippen LogP contribution in [0, 0.1) is 0 Å². The van der Waals surface area contributed by atoms with Gasteiger partial charge in [0.2, 0.25) is 5.91 Å². The largest absolute Gasteiger partial charge is 0.497 e. The molecule has 148 valence electrons. The van der Waals surface area contributed by atoms with Crippen LogP contribution in [0.3, 0.4) is 0 Å². The molecule has 2 aromatic rings. The molecule has 0 radical (unpaired) electrons. The number of carbonyl (C=O) groups is 1. The van der Waals surface area contributed by atoms with Crippen LogP contribution in [-0.4, -0.2) is 68.6 Å². The summed E-state index contributed by atoms with van der Waals surface area (Å²) in [6.07, 6.45) is 1.11. The van der Waals surface area contributed by atoms with Crippen molar-refractivity contribution in [1.29, 1.82) is 0 Å². The van der Waals surface area contributed by atoms with E-state index >= 15 is 0 Å². The summed E-state index contributed by atoms with van der Waals surface area (Å²) in [5.41, 5.74) is 3.70. The number of piperazine rings is 1. The maximum Gasteiger partial charge on any atom is 0.236 e. The van der Waals surface area contributed by atoms with Gasteiger partial charge in [0.05, 0.1) is 13.7 Å². The Hall–Kier alpha value is -2.37. The minimum Gasteiger partial charge on any atom is -0.497 e. The molecule has 1 saturated carbocycles. The number of amides is 1. The molecule has 0 aromatic heterocycles. The highest BCUT2D eigenvalue weighted by atomic mass is 16.5. The van der Waals surface area contributed by atoms with E-state index in [1.165, 1.54) is 11.1 Å². The van der Waals surface area contributed by atoms with E-state index in [2.05, 4.69) is 53.7 Å². The fourth-order valence-corrected chi connectivity index (χ4v) is 3.90. The molecule has 2 fully saturated rings. The number of hydrogen-bond donors (Lipinski definition) is 1. The van der Waals surface area contributed by atoms with Crippen LogP contribution in [0.4, 0.5) is 0 Å². The van der Waals surface area contributed by atoms with Crippen LogP contribution in [0.15, 0.2) is 48.5 Å². The van der Waals surface area contributed by atoms with Gasteiger partial charge in [-0.2, -0.15) is 0 Å². The molecule has 0 bridgehead atoms. The summed E-state index contributed by atoms with van der Waals surface area (Å²) in [4.78, 5) is 16.6. The number of nitrogens with zero attached hydrogens (tertiary/aromatic N) is 2. The molecule has 2 atom stereocenters. The first-order chi connectivity index (χ1) is 13.6. The predicted molar refractivity (Wildman–Crippen MR) is 112 cm³/mol. The van der Waals surface area contributed by atoms with E-state index in [-0.39, 0.29) is 5.91 Å². The maximum atomic E-state index is 12.4. The number of hydrogen-bond acceptors (Lipinski definition) is 4. The van der Waals surface area contributed by atoms with Crippen molar-refractivity contribution in [3.8, 4) is 16.9 Å². The van der Waals surface area contributed by atoms with Crippen molar-refractivity contribution in [2.75, 3.05) is 46.9 Å². The summed E-state index contributed by atoms with van der Waals surface area (Å²) in [5.74, 6) is 1.62. The lowest BCUT2D eigenvalue weighted by Gasteiger charge is -2.32. The molecule has 2 aromatic carbocycles. The molecule has 1 aliphatic carbocycles. The highest BCUT2D eigenvalue weighted by molar-refractivity contribution is 5.78. The third kappa shape index (κ3) is 4.37. The van der Waals surface area contributed by atoms with Gasteiger partial charge in [-0.3, -0.25) is 4.79 Å². The predicted octanol–water partition coefficient (Wildman–Crippen LogP) is 2.58. The molecule has 5 heteroatoms. The van der Waals surface area contributed by atoms with E-state index in [0.29, 0.717) is 18.5 Å². The highest BCUT2D eigenvalue weighted by Gasteiger charge is 2.38. The first-order valence-electron chi connectivity index (χ1n) is 10.1. The molecule has 1 saturated heterocycles. The molecule has 1 aliphatic heterocycles. The van der Waals surface area contributed by atoms with Crippen molar-refractivity contribution in [1.82, 2.24) is 15.1 Å². The topological polar surface area (TPSA) is 44.8 Å². The van der Waals surface area contributed by atoms with Crippen LogP contribution in [0.25, 0.3) is 11.1 Å². The molecular formula is C23H29N3O2. The number of benzene rings is 2. The van der Waals surface area contributed by atoms with Gasteiger partial charge in [-0.25, -0.2) is 0 Å². The van der Waals surface area contributed by atoms with E-state index in [0.717, 1.165) is 43.9 Å². The first-order valence-corrected chi connectivity index (χ1v) is 10.1. The Morgan fingerprint density at radius 2 is 1.82 bits per heavy atom. The van der Waals surface area contributed by atoms with Crippen LogP contribution in [0.5, 0.6) is 5.75 Å². The lowest BCUT2D eigenvalue weighted by Crippen LogP contribution is -2.49. The van der Waals surface area contributed by atoms with Gasteiger partial charge in [0.1, 0.15) is 5.75 Å². The van der Waals surface area contributed by atoms with Gasteiger partial charge in [-0.05, 0) is 42.3 Å². The van der Waals surface area contributed by atoms with Gasteiger partial charge in [-0.1, -0.05) is 36.4 Å². The Morgan fingerprint density at radius 3 is 2.54 bits per heavy atom. The van der Waals surface area contributed by atoms with Gasteiger partial charge in [0, 0.05) is 38.1 Å². The summed E-state index contributed by atoms with van der Waals surface area (Å²) in [6.45, 7) is 4.08. The molecule has 1 heterocycles. The quantitative estimate of drug-likeness (QED) is 0.838. The van der Waals surface area contributed by atoms with Crippen LogP contribution < -0.4 is 10.1 Å². The zero-order valence-electron chi connectivity index (χ0n) is 16.7. The highest BCUT2D eigenvalue weighted by Crippen LogP contribution is 2.41. The second kappa shape index (κ2) is 8.33. The summed E-state index contributed by atoms with van der Waals surface area (Å²) in [5, 5.41) is 3.45. The first kappa shape index (κ1) is 19.0. The Balaban J connectivity index is 1.28. The van der Waals surface area contributed by atoms with Gasteiger partial charge >= 0.3 is 0 Å². The number of carbonyl (C=O) groups excluding carboxylic acids is 1. The van der Waals surface area contributed by atoms with Crippen molar-refractivity contribution in [2.24, 2.45) is 0 Å². The smallest absolute Gasteiger partial charge is 0.236 e. The minimum absolute atomic E-state index is 0.229. The Labute approximate surface area is 167 Å². The maximum absolute atomic E-state index is 12.4. The van der Waals surface area contributed by atoms with Gasteiger partial charge in [-0.15, -0.1) is 0 Å². The second-order valence-electron chi connectivity index (χ2n) is 7.87. The van der Waals surface area contributed by atoms with Gasteiger partial charge < -0.3 is 19.9 Å². The van der Waals surface area contributed by atoms with E-state index in [4.69, 9.17) is 4.74 Å². The molecule has 28 heavy (non-hydrogen) atoms. The SMILES string of the molecule is COc1cccc(-c2ccc([C@@H]3C[C@@H]3NCC(=O)N3CCN(C)CC3)cc2)c1. The fourth-order valence-electron chi connectivity index (χ4n) is 3.90. The standard InChI is InChI=1S/C23H29N3O2/c1-25-10-12-26(13-11-25)23(27)16-24-22-15-21(22)18-8-6-17(7-9-18)19-4-3-5-20(14-19)28-2/h3-9,14,21-22,24H,10-13,15-16H2,1-2H3/t21-,22-/m0/s1. The number of nitrogens with one attached hydrogen (secondary N) is 1. The third-order valence-corrected chi connectivity index (χ3v) is 5.90. The Morgan fingerprint density at radius 1 is 1.07 bits per heavy atom. The Kier molecular flexibility index (Phi) is 5.64. The number of methoxy groups -OCH3 is 1. The number of ether oxygens (including phenoxy) is 1. The molecule has 5 nitrogen and oxygen atoms in total. The van der Waals surface area contributed by atoms with E-state index in [9.17, 15) is 4.79 Å². The van der Waals surface area contributed by atoms with Crippen molar-refractivity contribution < 1.29 is 9.53 Å². The number of likely N-dealkylation sites (N-methyl/N-ethyl adjacent to an activating group) is 1. The van der Waals surface area contributed by atoms with Gasteiger partial charge in [0.25, 0.3) is 0 Å². The lowest BCUT2D eigenvalue weighted by atomic mass is 10.0. The van der Waals surface area contributed by atoms with Crippen molar-refractivity contribution in [3.63, 3.8) is 0 Å². The van der Waals surface area contributed by atoms with E-state index in [1.807, 2.05) is 17.0 Å². The fraction of sp³-hybridized carbons (Fsp3) is 0.435. The van der Waals surface area contributed by atoms with Crippen LogP contribution in [-0.2, 0) is 4.79 Å². The summed E-state index contributed by atoms with van der Waals surface area (Å²) in [6, 6.07) is 17.3. The Bertz CT molecular complexity index is 813. The van der Waals surface area contributed by atoms with Crippen molar-refractivity contribution >= 4 is 5.91 Å². The second-order valence-corrected chi connectivity index (χ2v) is 7.87. The van der Waals surface area contributed by atoms with Crippen molar-refractivity contribution in [2.45, 2.75) is 18.4 Å². The van der Waals surface area contributed by atoms with E-state index < -0.39 is 0 Å². The summed E-state index contributed by atoms with van der Waals surface area (Å²) < 4.78 is 5.32. The van der Waals surface area contributed by atoms with Crippen LogP contribution in [0.2, 0.25) is 0 Å². The monoisotopic (exact) mass is 379 g/mol. The zero-order valence-corrected chi connectivity index (χ0v) is 16.7. The molecule has 1 amide bonds. The molecule has 0 spiro atoms. The lowest BCUT2D eigenvalue weighted by molar-refractivity contribution is -0.131. The van der Waals surface area contributed by atoms with Crippen LogP contribution in [0.1, 0.15) is 17.9 Å². The number of rotatable bonds is 6. The molecule has 4 rings (SSSR count). The van der Waals surface area contributed by atoms with E-state index in [1.54, 1.807) is 7.11 Å². The van der Waals surface area contributed by atoms with Crippen molar-refractivity contribution in [3.05, 3.63) is 54.1 Å². The molecule has 0 unspecified atom stereocenters. The van der Waals surface area contributed by atoms with Crippen LogP contribution >= 0.6 is 0 Å². The van der Waals surface area contributed by atoms with Gasteiger partial charge in [0.15, 0.2) is 0 Å². The normalized spacial score (nSPS) is 22.1. The summed E-state index contributed by atoms with van der Waals surface area (Å²) in [7, 11) is 3.80. The average Bonchev–Trinajstić information content (AvgIpc) is 3.52. The third-order valence-electron chi connectivity index (χ3n) is 5.90. The minimum atomic E-state index is 0.229. The molecule has 2 aliphatic rings. The molecular weight excluding hydrogens is 350 g/mol. The summed E-state index contributed by atoms with van der Waals surface area (Å²) >= 11 is 0. The average molecular weight is 380 g/mol. The zero-order chi connectivity index (χ0) is 19.5. The molecule has 1 N–H and O–H groups in total.